The van der Waals surface area contributed by atoms with Crippen LogP contribution in [0.25, 0.3) is 0 Å². The molecule has 0 fully saturated rings. The first kappa shape index (κ1) is 11.7. The van der Waals surface area contributed by atoms with Crippen LogP contribution in [-0.2, 0) is 9.59 Å². The van der Waals surface area contributed by atoms with Gasteiger partial charge in [-0.3, -0.25) is 9.59 Å². The van der Waals surface area contributed by atoms with Gasteiger partial charge in [-0.05, 0) is 27.2 Å². The highest BCUT2D eigenvalue weighted by atomic mass is 16.4. The van der Waals surface area contributed by atoms with E-state index in [0.717, 1.165) is 5.71 Å². The van der Waals surface area contributed by atoms with Gasteiger partial charge in [-0.25, -0.2) is 5.01 Å². The number of rotatable bonds is 4. The fraction of sp³-hybridized carbons (Fsp3) is 0.700. The number of aliphatic carboxylic acids is 1. The van der Waals surface area contributed by atoms with Crippen LogP contribution in [0.2, 0.25) is 0 Å². The first-order chi connectivity index (χ1) is 6.93. The van der Waals surface area contributed by atoms with Crippen LogP contribution in [0.1, 0.15) is 33.6 Å². The van der Waals surface area contributed by atoms with Gasteiger partial charge in [0.15, 0.2) is 0 Å². The van der Waals surface area contributed by atoms with Gasteiger partial charge >= 0.3 is 5.97 Å². The highest BCUT2D eigenvalue weighted by molar-refractivity contribution is 6.07. The maximum Gasteiger partial charge on any atom is 0.303 e. The van der Waals surface area contributed by atoms with Crippen LogP contribution in [0.4, 0.5) is 0 Å². The van der Waals surface area contributed by atoms with Crippen molar-refractivity contribution in [3.05, 3.63) is 0 Å². The van der Waals surface area contributed by atoms with Crippen LogP contribution in [0.3, 0.4) is 0 Å². The van der Waals surface area contributed by atoms with E-state index in [0.29, 0.717) is 6.42 Å². The Bertz CT molecular complexity index is 310. The van der Waals surface area contributed by atoms with Gasteiger partial charge in [-0.1, -0.05) is 0 Å². The Morgan fingerprint density at radius 2 is 2.20 bits per heavy atom. The molecule has 15 heavy (non-hydrogen) atoms. The van der Waals surface area contributed by atoms with Gasteiger partial charge < -0.3 is 5.11 Å². The van der Waals surface area contributed by atoms with Crippen LogP contribution in [0, 0.1) is 5.92 Å². The lowest BCUT2D eigenvalue weighted by molar-refractivity contribution is -0.137. The van der Waals surface area contributed by atoms with Crippen molar-refractivity contribution in [3.63, 3.8) is 0 Å². The molecule has 1 heterocycles. The van der Waals surface area contributed by atoms with E-state index in [1.54, 1.807) is 6.92 Å². The van der Waals surface area contributed by atoms with Crippen molar-refractivity contribution in [2.45, 2.75) is 39.7 Å². The second kappa shape index (κ2) is 4.42. The van der Waals surface area contributed by atoms with E-state index in [1.807, 2.05) is 13.8 Å². The van der Waals surface area contributed by atoms with E-state index < -0.39 is 5.97 Å². The third kappa shape index (κ3) is 2.55. The lowest BCUT2D eigenvalue weighted by Gasteiger charge is -2.17. The smallest absolute Gasteiger partial charge is 0.303 e. The number of carbonyl (C=O) groups excluding carboxylic acids is 1. The molecule has 0 aliphatic carbocycles. The van der Waals surface area contributed by atoms with Gasteiger partial charge in [0.25, 0.3) is 5.91 Å². The van der Waals surface area contributed by atoms with Crippen molar-refractivity contribution in [2.75, 3.05) is 0 Å². The molecule has 5 heteroatoms. The van der Waals surface area contributed by atoms with E-state index in [1.165, 1.54) is 5.01 Å². The predicted molar refractivity (Wildman–Crippen MR) is 55.5 cm³/mol. The van der Waals surface area contributed by atoms with Gasteiger partial charge in [0.1, 0.15) is 0 Å². The van der Waals surface area contributed by atoms with Crippen LogP contribution in [-0.4, -0.2) is 33.7 Å². The number of nitrogens with zero attached hydrogens (tertiary/aromatic N) is 2. The number of hydrogen-bond donors (Lipinski definition) is 1. The lowest BCUT2D eigenvalue weighted by Crippen LogP contribution is -2.32. The van der Waals surface area contributed by atoms with E-state index in [-0.39, 0.29) is 24.3 Å². The van der Waals surface area contributed by atoms with E-state index in [4.69, 9.17) is 5.11 Å². The number of hydrogen-bond acceptors (Lipinski definition) is 3. The van der Waals surface area contributed by atoms with Crippen molar-refractivity contribution in [2.24, 2.45) is 11.0 Å². The zero-order chi connectivity index (χ0) is 11.6. The summed E-state index contributed by atoms with van der Waals surface area (Å²) in [5.41, 5.74) is 0.718. The molecule has 84 valence electrons. The van der Waals surface area contributed by atoms with Crippen LogP contribution < -0.4 is 0 Å². The predicted octanol–water partition coefficient (Wildman–Crippen LogP) is 1.09. The van der Waals surface area contributed by atoms with Gasteiger partial charge in [-0.2, -0.15) is 5.10 Å². The van der Waals surface area contributed by atoms with Crippen LogP contribution in [0.5, 0.6) is 0 Å². The molecule has 1 unspecified atom stereocenters. The summed E-state index contributed by atoms with van der Waals surface area (Å²) in [6.07, 6.45) is 0.349. The maximum absolute atomic E-state index is 11.8. The summed E-state index contributed by atoms with van der Waals surface area (Å²) < 4.78 is 0. The molecule has 0 aromatic rings. The molecule has 1 aliphatic heterocycles. The van der Waals surface area contributed by atoms with Crippen molar-refractivity contribution < 1.29 is 14.7 Å². The van der Waals surface area contributed by atoms with Crippen molar-refractivity contribution in [3.8, 4) is 0 Å². The minimum atomic E-state index is -0.876. The third-order valence-electron chi connectivity index (χ3n) is 2.43. The quantitative estimate of drug-likeness (QED) is 0.758. The monoisotopic (exact) mass is 212 g/mol. The summed E-state index contributed by atoms with van der Waals surface area (Å²) >= 11 is 0. The third-order valence-corrected chi connectivity index (χ3v) is 2.43. The Hall–Kier alpha value is -1.39. The molecular weight excluding hydrogens is 196 g/mol. The first-order valence-electron chi connectivity index (χ1n) is 5.03. The minimum absolute atomic E-state index is 0.00913. The zero-order valence-electron chi connectivity index (χ0n) is 9.23. The van der Waals surface area contributed by atoms with Crippen LogP contribution >= 0.6 is 0 Å². The molecule has 1 aliphatic rings. The molecule has 1 atom stereocenters. The van der Waals surface area contributed by atoms with Gasteiger partial charge in [-0.15, -0.1) is 0 Å². The summed E-state index contributed by atoms with van der Waals surface area (Å²) in [5.74, 6) is -1.30. The normalized spacial score (nSPS) is 21.1. The van der Waals surface area contributed by atoms with Crippen LogP contribution in [0.15, 0.2) is 5.10 Å². The summed E-state index contributed by atoms with van der Waals surface area (Å²) in [5, 5.41) is 14.1. The Kier molecular flexibility index (Phi) is 3.44. The molecule has 0 saturated heterocycles. The highest BCUT2D eigenvalue weighted by Gasteiger charge is 2.34. The Morgan fingerprint density at radius 1 is 1.60 bits per heavy atom. The van der Waals surface area contributed by atoms with Gasteiger partial charge in [0.05, 0.1) is 5.92 Å². The van der Waals surface area contributed by atoms with E-state index in [9.17, 15) is 9.59 Å². The van der Waals surface area contributed by atoms with E-state index in [2.05, 4.69) is 5.10 Å². The fourth-order valence-electron chi connectivity index (χ4n) is 1.60. The molecule has 0 radical (unpaired) electrons. The molecule has 1 N–H and O–H groups in total. The van der Waals surface area contributed by atoms with Crippen molar-refractivity contribution in [1.29, 1.82) is 0 Å². The Labute approximate surface area is 88.8 Å². The summed E-state index contributed by atoms with van der Waals surface area (Å²) in [6, 6.07) is 0.0299. The second-order valence-electron chi connectivity index (χ2n) is 4.00. The number of carboxylic acids is 1. The SMILES string of the molecule is CC1=NN(C(C)C)C(=O)C1CCC(=O)O. The second-order valence-corrected chi connectivity index (χ2v) is 4.00. The molecule has 1 amide bonds. The Morgan fingerprint density at radius 3 is 2.60 bits per heavy atom. The molecule has 5 nitrogen and oxygen atoms in total. The number of carboxylic acid groups (broad SMARTS) is 1. The molecule has 0 aromatic heterocycles. The van der Waals surface area contributed by atoms with Gasteiger partial charge in [0.2, 0.25) is 0 Å². The standard InChI is InChI=1S/C10H16N2O3/c1-6(2)12-10(15)8(7(3)11-12)4-5-9(13)14/h6,8H,4-5H2,1-3H3,(H,13,14). The molecule has 0 saturated carbocycles. The summed E-state index contributed by atoms with van der Waals surface area (Å²) in [7, 11) is 0. The zero-order valence-corrected chi connectivity index (χ0v) is 9.23. The van der Waals surface area contributed by atoms with Crippen molar-refractivity contribution >= 4 is 17.6 Å². The molecule has 0 spiro atoms. The molecular formula is C10H16N2O3. The number of hydrazone groups is 1. The topological polar surface area (TPSA) is 70.0 Å². The average molecular weight is 212 g/mol. The summed E-state index contributed by atoms with van der Waals surface area (Å²) in [6.45, 7) is 5.54. The first-order valence-corrected chi connectivity index (χ1v) is 5.03. The highest BCUT2D eigenvalue weighted by Crippen LogP contribution is 2.22. The Balaban J connectivity index is 2.65. The largest absolute Gasteiger partial charge is 0.481 e. The fourth-order valence-corrected chi connectivity index (χ4v) is 1.60. The van der Waals surface area contributed by atoms with Gasteiger partial charge in [0, 0.05) is 18.2 Å². The molecule has 1 rings (SSSR count). The summed E-state index contributed by atoms with van der Waals surface area (Å²) in [4.78, 5) is 22.2. The van der Waals surface area contributed by atoms with Crippen molar-refractivity contribution in [1.82, 2.24) is 5.01 Å². The number of carbonyl (C=O) groups is 2. The molecule has 0 aromatic carbocycles. The maximum atomic E-state index is 11.8. The lowest BCUT2D eigenvalue weighted by atomic mass is 9.98. The minimum Gasteiger partial charge on any atom is -0.481 e. The molecule has 0 bridgehead atoms. The average Bonchev–Trinajstić information content (AvgIpc) is 2.39. The van der Waals surface area contributed by atoms with E-state index >= 15 is 0 Å². The number of amides is 1.